The summed E-state index contributed by atoms with van der Waals surface area (Å²) in [6.07, 6.45) is 1.18. The Morgan fingerprint density at radius 2 is 1.55 bits per heavy atom. The first-order valence-electron chi connectivity index (χ1n) is 12.8. The van der Waals surface area contributed by atoms with Crippen LogP contribution >= 0.6 is 0 Å². The molecule has 4 atom stereocenters. The molecule has 1 aliphatic rings. The van der Waals surface area contributed by atoms with E-state index in [9.17, 15) is 29.4 Å². The van der Waals surface area contributed by atoms with E-state index in [0.29, 0.717) is 24.9 Å². The molecule has 0 aromatic heterocycles. The van der Waals surface area contributed by atoms with Crippen LogP contribution in [0.3, 0.4) is 0 Å². The molecule has 1 heterocycles. The van der Waals surface area contributed by atoms with E-state index in [1.54, 1.807) is 12.1 Å². The molecule has 204 valence electrons. The lowest BCUT2D eigenvalue weighted by molar-refractivity contribution is -0.145. The summed E-state index contributed by atoms with van der Waals surface area (Å²) in [5.74, 6) is -2.72. The molecule has 0 saturated carbocycles. The van der Waals surface area contributed by atoms with Gasteiger partial charge in [-0.1, -0.05) is 56.3 Å². The van der Waals surface area contributed by atoms with Crippen LogP contribution < -0.4 is 16.4 Å². The summed E-state index contributed by atoms with van der Waals surface area (Å²) < 4.78 is 0. The lowest BCUT2D eigenvalue weighted by Gasteiger charge is -2.30. The van der Waals surface area contributed by atoms with Gasteiger partial charge in [-0.25, -0.2) is 4.79 Å². The zero-order valence-electron chi connectivity index (χ0n) is 21.7. The minimum Gasteiger partial charge on any atom is -0.508 e. The number of rotatable bonds is 11. The Labute approximate surface area is 222 Å². The molecule has 1 aliphatic heterocycles. The Hall–Kier alpha value is -3.92. The van der Waals surface area contributed by atoms with Gasteiger partial charge in [0.25, 0.3) is 0 Å². The van der Waals surface area contributed by atoms with Gasteiger partial charge >= 0.3 is 5.97 Å². The lowest BCUT2D eigenvalue weighted by atomic mass is 10.0. The monoisotopic (exact) mass is 524 g/mol. The SMILES string of the molecule is CC(C)C(N)C(=O)NC(Cc1ccccc1)C(=O)N1CCCC1C(=O)NC(Cc1ccc(O)cc1)C(=O)O. The van der Waals surface area contributed by atoms with E-state index < -0.39 is 47.9 Å². The molecule has 3 amide bonds. The highest BCUT2D eigenvalue weighted by atomic mass is 16.4. The van der Waals surface area contributed by atoms with Gasteiger partial charge in [0, 0.05) is 19.4 Å². The number of hydrogen-bond acceptors (Lipinski definition) is 6. The molecule has 0 spiro atoms. The van der Waals surface area contributed by atoms with E-state index in [1.165, 1.54) is 17.0 Å². The molecule has 1 fully saturated rings. The Bertz CT molecular complexity index is 1120. The van der Waals surface area contributed by atoms with E-state index >= 15 is 0 Å². The topological polar surface area (TPSA) is 162 Å². The molecule has 0 aliphatic carbocycles. The number of amides is 3. The largest absolute Gasteiger partial charge is 0.508 e. The number of carbonyl (C=O) groups excluding carboxylic acids is 3. The second kappa shape index (κ2) is 13.0. The summed E-state index contributed by atoms with van der Waals surface area (Å²) in [4.78, 5) is 53.0. The summed E-state index contributed by atoms with van der Waals surface area (Å²) in [6.45, 7) is 3.94. The first-order valence-corrected chi connectivity index (χ1v) is 12.8. The quantitative estimate of drug-likeness (QED) is 0.295. The number of hydrogen-bond donors (Lipinski definition) is 5. The van der Waals surface area contributed by atoms with Crippen molar-refractivity contribution in [3.63, 3.8) is 0 Å². The van der Waals surface area contributed by atoms with E-state index in [0.717, 1.165) is 5.56 Å². The summed E-state index contributed by atoms with van der Waals surface area (Å²) in [5, 5.41) is 24.5. The summed E-state index contributed by atoms with van der Waals surface area (Å²) >= 11 is 0. The van der Waals surface area contributed by atoms with Crippen LogP contribution in [-0.4, -0.2) is 69.5 Å². The van der Waals surface area contributed by atoms with Crippen molar-refractivity contribution >= 4 is 23.7 Å². The van der Waals surface area contributed by atoms with Gasteiger partial charge in [-0.2, -0.15) is 0 Å². The highest BCUT2D eigenvalue weighted by Gasteiger charge is 2.39. The molecule has 0 radical (unpaired) electrons. The number of phenolic OH excluding ortho intramolecular Hbond substituents is 1. The summed E-state index contributed by atoms with van der Waals surface area (Å²) in [5.41, 5.74) is 7.48. The van der Waals surface area contributed by atoms with Crippen LogP contribution in [0, 0.1) is 5.92 Å². The number of nitrogens with one attached hydrogen (secondary N) is 2. The highest BCUT2D eigenvalue weighted by molar-refractivity contribution is 5.94. The van der Waals surface area contributed by atoms with Crippen LogP contribution in [0.4, 0.5) is 0 Å². The fourth-order valence-electron chi connectivity index (χ4n) is 4.46. The average Bonchev–Trinajstić information content (AvgIpc) is 3.39. The van der Waals surface area contributed by atoms with Crippen molar-refractivity contribution in [2.45, 2.75) is 63.7 Å². The molecular formula is C28H36N4O6. The summed E-state index contributed by atoms with van der Waals surface area (Å²) in [7, 11) is 0. The first kappa shape index (κ1) is 28.6. The van der Waals surface area contributed by atoms with Crippen LogP contribution in [0.2, 0.25) is 0 Å². The van der Waals surface area contributed by atoms with Crippen LogP contribution in [0.5, 0.6) is 5.75 Å². The fourth-order valence-corrected chi connectivity index (χ4v) is 4.46. The van der Waals surface area contributed by atoms with Crippen molar-refractivity contribution in [3.8, 4) is 5.75 Å². The predicted octanol–water partition coefficient (Wildman–Crippen LogP) is 1.21. The second-order valence-corrected chi connectivity index (χ2v) is 9.98. The lowest BCUT2D eigenvalue weighted by Crippen LogP contribution is -2.58. The number of aromatic hydroxyl groups is 1. The number of aliphatic carboxylic acids is 1. The van der Waals surface area contributed by atoms with Crippen molar-refractivity contribution in [1.82, 2.24) is 15.5 Å². The maximum absolute atomic E-state index is 13.7. The number of carboxylic acid groups (broad SMARTS) is 1. The van der Waals surface area contributed by atoms with Crippen LogP contribution in [0.15, 0.2) is 54.6 Å². The molecule has 10 heteroatoms. The standard InChI is InChI=1S/C28H36N4O6/c1-17(2)24(29)26(35)30-21(15-18-7-4-3-5-8-18)27(36)32-14-6-9-23(32)25(34)31-22(28(37)38)16-19-10-12-20(33)13-11-19/h3-5,7-8,10-13,17,21-24,33H,6,9,14-16,29H2,1-2H3,(H,30,35)(H,31,34)(H,37,38). The fraction of sp³-hybridized carbons (Fsp3) is 0.429. The van der Waals surface area contributed by atoms with Crippen molar-refractivity contribution in [2.24, 2.45) is 11.7 Å². The second-order valence-electron chi connectivity index (χ2n) is 9.98. The van der Waals surface area contributed by atoms with Crippen molar-refractivity contribution in [3.05, 3.63) is 65.7 Å². The van der Waals surface area contributed by atoms with Gasteiger partial charge in [0.05, 0.1) is 6.04 Å². The minimum atomic E-state index is -1.21. The molecule has 4 unspecified atom stereocenters. The van der Waals surface area contributed by atoms with Gasteiger partial charge in [-0.3, -0.25) is 14.4 Å². The summed E-state index contributed by atoms with van der Waals surface area (Å²) in [6, 6.07) is 11.5. The maximum Gasteiger partial charge on any atom is 0.326 e. The third kappa shape index (κ3) is 7.55. The van der Waals surface area contributed by atoms with E-state index in [2.05, 4.69) is 10.6 Å². The van der Waals surface area contributed by atoms with Gasteiger partial charge in [0.15, 0.2) is 0 Å². The predicted molar refractivity (Wildman–Crippen MR) is 141 cm³/mol. The molecule has 2 aromatic rings. The van der Waals surface area contributed by atoms with Crippen LogP contribution in [-0.2, 0) is 32.0 Å². The molecule has 6 N–H and O–H groups in total. The van der Waals surface area contributed by atoms with Crippen LogP contribution in [0.25, 0.3) is 0 Å². The number of phenols is 1. The number of nitrogens with zero attached hydrogens (tertiary/aromatic N) is 1. The number of carbonyl (C=O) groups is 4. The van der Waals surface area contributed by atoms with Crippen LogP contribution in [0.1, 0.15) is 37.8 Å². The third-order valence-electron chi connectivity index (χ3n) is 6.75. The van der Waals surface area contributed by atoms with Gasteiger partial charge < -0.3 is 31.5 Å². The Balaban J connectivity index is 1.76. The third-order valence-corrected chi connectivity index (χ3v) is 6.75. The Morgan fingerprint density at radius 1 is 0.947 bits per heavy atom. The van der Waals surface area contributed by atoms with Crippen molar-refractivity contribution < 1.29 is 29.4 Å². The van der Waals surface area contributed by atoms with E-state index in [4.69, 9.17) is 5.73 Å². The average molecular weight is 525 g/mol. The van der Waals surface area contributed by atoms with Gasteiger partial charge in [0.2, 0.25) is 17.7 Å². The van der Waals surface area contributed by atoms with Crippen molar-refractivity contribution in [2.75, 3.05) is 6.54 Å². The first-order chi connectivity index (χ1) is 18.1. The number of likely N-dealkylation sites (tertiary alicyclic amines) is 1. The van der Waals surface area contributed by atoms with E-state index in [-0.39, 0.29) is 24.5 Å². The molecular weight excluding hydrogens is 488 g/mol. The minimum absolute atomic E-state index is 0.0157. The normalized spacial score (nSPS) is 17.5. The number of nitrogens with two attached hydrogens (primary N) is 1. The molecule has 10 nitrogen and oxygen atoms in total. The molecule has 2 aromatic carbocycles. The zero-order chi connectivity index (χ0) is 27.8. The van der Waals surface area contributed by atoms with E-state index in [1.807, 2.05) is 44.2 Å². The zero-order valence-corrected chi connectivity index (χ0v) is 21.7. The Morgan fingerprint density at radius 3 is 2.16 bits per heavy atom. The molecule has 0 bridgehead atoms. The van der Waals surface area contributed by atoms with Crippen molar-refractivity contribution in [1.29, 1.82) is 0 Å². The number of carboxylic acids is 1. The van der Waals surface area contributed by atoms with Gasteiger partial charge in [-0.05, 0) is 42.0 Å². The number of benzene rings is 2. The molecule has 1 saturated heterocycles. The van der Waals surface area contributed by atoms with Gasteiger partial charge in [-0.15, -0.1) is 0 Å². The van der Waals surface area contributed by atoms with Gasteiger partial charge in [0.1, 0.15) is 23.9 Å². The Kier molecular flexibility index (Phi) is 9.84. The molecule has 38 heavy (non-hydrogen) atoms. The highest BCUT2D eigenvalue weighted by Crippen LogP contribution is 2.21. The maximum atomic E-state index is 13.7. The molecule has 3 rings (SSSR count). The smallest absolute Gasteiger partial charge is 0.326 e.